The number of hydrogen-bond acceptors (Lipinski definition) is 9. The van der Waals surface area contributed by atoms with Crippen molar-refractivity contribution in [2.75, 3.05) is 26.9 Å². The monoisotopic (exact) mass is 560 g/mol. The van der Waals surface area contributed by atoms with E-state index in [1.807, 2.05) is 0 Å². The third kappa shape index (κ3) is 5.77. The number of hydrogen-bond donors (Lipinski definition) is 3. The summed E-state index contributed by atoms with van der Waals surface area (Å²) in [4.78, 5) is 40.9. The van der Waals surface area contributed by atoms with Crippen molar-refractivity contribution in [1.82, 2.24) is 29.4 Å². The van der Waals surface area contributed by atoms with Crippen molar-refractivity contribution in [3.63, 3.8) is 0 Å². The summed E-state index contributed by atoms with van der Waals surface area (Å²) in [6.45, 7) is 1.95. The average molecular weight is 561 g/mol. The van der Waals surface area contributed by atoms with Crippen LogP contribution in [-0.4, -0.2) is 67.1 Å². The van der Waals surface area contributed by atoms with Crippen LogP contribution in [0.5, 0.6) is 5.75 Å². The molecule has 0 spiro atoms. The number of benzene rings is 1. The number of piperidine rings is 1. The molecule has 0 radical (unpaired) electrons. The highest BCUT2D eigenvalue weighted by Crippen LogP contribution is 2.31. The molecule has 0 aliphatic carbocycles. The molecule has 208 valence electrons. The highest BCUT2D eigenvalue weighted by Gasteiger charge is 2.27. The molecular weight excluding hydrogens is 531 g/mol. The summed E-state index contributed by atoms with van der Waals surface area (Å²) < 4.78 is 22.1. The number of nitrogens with zero attached hydrogens (tertiary/aromatic N) is 5. The van der Waals surface area contributed by atoms with Crippen LogP contribution in [0.2, 0.25) is 0 Å². The average Bonchev–Trinajstić information content (AvgIpc) is 3.58. The summed E-state index contributed by atoms with van der Waals surface area (Å²) in [5.41, 5.74) is 0.396. The Balaban J connectivity index is 0.000000826. The molecule has 1 aliphatic rings. The molecule has 1 atom stereocenters. The van der Waals surface area contributed by atoms with E-state index in [9.17, 15) is 18.8 Å². The van der Waals surface area contributed by atoms with Gasteiger partial charge in [0.25, 0.3) is 5.56 Å². The summed E-state index contributed by atoms with van der Waals surface area (Å²) in [7, 11) is 1.50. The van der Waals surface area contributed by atoms with Gasteiger partial charge in [0.15, 0.2) is 0 Å². The van der Waals surface area contributed by atoms with Crippen LogP contribution < -0.4 is 21.3 Å². The highest BCUT2D eigenvalue weighted by molar-refractivity contribution is 7.21. The van der Waals surface area contributed by atoms with Crippen LogP contribution in [0.4, 0.5) is 4.39 Å². The van der Waals surface area contributed by atoms with Crippen LogP contribution in [0, 0.1) is 12.7 Å². The molecule has 14 heteroatoms. The van der Waals surface area contributed by atoms with Crippen molar-refractivity contribution in [3.05, 3.63) is 68.4 Å². The van der Waals surface area contributed by atoms with E-state index in [0.717, 1.165) is 0 Å². The van der Waals surface area contributed by atoms with Crippen LogP contribution in [0.1, 0.15) is 30.0 Å². The Bertz CT molecular complexity index is 1570. The van der Waals surface area contributed by atoms with E-state index >= 15 is 0 Å². The number of thiophene rings is 1. The minimum atomic E-state index is -0.472. The zero-order valence-electron chi connectivity index (χ0n) is 21.5. The van der Waals surface area contributed by atoms with Gasteiger partial charge in [0, 0.05) is 25.1 Å². The van der Waals surface area contributed by atoms with E-state index in [4.69, 9.17) is 14.9 Å². The topological polar surface area (TPSA) is 153 Å². The van der Waals surface area contributed by atoms with Crippen molar-refractivity contribution < 1.29 is 24.1 Å². The van der Waals surface area contributed by atoms with Crippen molar-refractivity contribution in [2.24, 2.45) is 0 Å². The summed E-state index contributed by atoms with van der Waals surface area (Å²) in [6, 6.07) is 3.78. The smallest absolute Gasteiger partial charge is 0.332 e. The Morgan fingerprint density at radius 1 is 1.18 bits per heavy atom. The maximum absolute atomic E-state index is 13.9. The van der Waals surface area contributed by atoms with Gasteiger partial charge >= 0.3 is 5.69 Å². The number of nitrogens with one attached hydrogen (secondary N) is 1. The first-order valence-electron chi connectivity index (χ1n) is 12.3. The van der Waals surface area contributed by atoms with E-state index in [-0.39, 0.29) is 38.6 Å². The lowest BCUT2D eigenvalue weighted by molar-refractivity contribution is -0.122. The minimum Gasteiger partial charge on any atom is -0.496 e. The van der Waals surface area contributed by atoms with Crippen LogP contribution in [0.15, 0.2) is 40.2 Å². The minimum absolute atomic E-state index is 0.104. The molecule has 1 amide bonds. The van der Waals surface area contributed by atoms with Gasteiger partial charge in [-0.15, -0.1) is 4.80 Å². The second-order valence-corrected chi connectivity index (χ2v) is 9.77. The molecule has 0 bridgehead atoms. The molecule has 39 heavy (non-hydrogen) atoms. The van der Waals surface area contributed by atoms with E-state index in [0.29, 0.717) is 44.9 Å². The number of ether oxygens (including phenoxy) is 1. The molecule has 1 fully saturated rings. The van der Waals surface area contributed by atoms with Crippen LogP contribution in [0.25, 0.3) is 15.2 Å². The van der Waals surface area contributed by atoms with Gasteiger partial charge in [-0.05, 0) is 43.5 Å². The van der Waals surface area contributed by atoms with Gasteiger partial charge in [-0.3, -0.25) is 18.7 Å². The van der Waals surface area contributed by atoms with Gasteiger partial charge in [0.2, 0.25) is 5.91 Å². The third-order valence-electron chi connectivity index (χ3n) is 6.37. The number of fused-ring (bicyclic) bond motifs is 1. The van der Waals surface area contributed by atoms with Crippen LogP contribution >= 0.6 is 11.3 Å². The van der Waals surface area contributed by atoms with E-state index in [1.165, 1.54) is 52.3 Å². The molecule has 4 heterocycles. The number of aryl methyl sites for hydroxylation is 3. The fourth-order valence-electron chi connectivity index (χ4n) is 4.50. The number of methoxy groups -OCH3 is 1. The number of aromatic nitrogens is 5. The number of amides is 1. The zero-order chi connectivity index (χ0) is 28.1. The zero-order valence-corrected chi connectivity index (χ0v) is 22.3. The van der Waals surface area contributed by atoms with E-state index in [1.54, 1.807) is 17.6 Å². The Labute approximate surface area is 225 Å². The quantitative estimate of drug-likeness (QED) is 0.302. The van der Waals surface area contributed by atoms with Gasteiger partial charge in [0.05, 0.1) is 44.1 Å². The van der Waals surface area contributed by atoms with Crippen LogP contribution in [-0.2, 0) is 17.8 Å². The van der Waals surface area contributed by atoms with Gasteiger partial charge in [-0.1, -0.05) is 11.3 Å². The number of aliphatic hydroxyl groups excluding tert-OH is 2. The molecule has 12 nitrogen and oxygen atoms in total. The lowest BCUT2D eigenvalue weighted by Crippen LogP contribution is -2.47. The summed E-state index contributed by atoms with van der Waals surface area (Å²) >= 11 is 1.25. The first kappa shape index (κ1) is 28.1. The molecule has 1 aromatic carbocycles. The highest BCUT2D eigenvalue weighted by atomic mass is 32.1. The standard InChI is InChI=1S/C23H23FN6O4S.C2H6O2/c1-13-19-20(32)29(16-4-6-18(31)25-12-16)23(33)28(22(19)35-21(13)30-26-8-9-27-30)10-7-14-11-15(24)3-5-17(14)34-2;3-1-2-4/h3,5,8-9,11,16H,4,6-7,10,12H2,1-2H3,(H,25,31);3-4H,1-2H2. The lowest BCUT2D eigenvalue weighted by Gasteiger charge is -2.25. The van der Waals surface area contributed by atoms with Crippen molar-refractivity contribution in [2.45, 2.75) is 38.8 Å². The molecule has 0 saturated carbocycles. The van der Waals surface area contributed by atoms with Gasteiger partial charge in [0.1, 0.15) is 21.4 Å². The predicted octanol–water partition coefficient (Wildman–Crippen LogP) is 0.926. The van der Waals surface area contributed by atoms with E-state index < -0.39 is 23.1 Å². The molecule has 1 unspecified atom stereocenters. The third-order valence-corrected chi connectivity index (χ3v) is 7.65. The molecule has 5 rings (SSSR count). The van der Waals surface area contributed by atoms with Crippen LogP contribution in [0.3, 0.4) is 0 Å². The Morgan fingerprint density at radius 3 is 2.51 bits per heavy atom. The number of carbonyl (C=O) groups excluding carboxylic acids is 1. The van der Waals surface area contributed by atoms with Gasteiger partial charge < -0.3 is 20.3 Å². The first-order chi connectivity index (χ1) is 18.8. The normalized spacial score (nSPS) is 15.1. The maximum atomic E-state index is 13.9. The number of rotatable bonds is 7. The molecule has 3 N–H and O–H groups in total. The molecule has 1 saturated heterocycles. The fourth-order valence-corrected chi connectivity index (χ4v) is 5.73. The lowest BCUT2D eigenvalue weighted by atomic mass is 10.1. The molecule has 4 aromatic rings. The molecule has 1 aliphatic heterocycles. The van der Waals surface area contributed by atoms with E-state index in [2.05, 4.69) is 15.5 Å². The fraction of sp³-hybridized carbons (Fsp3) is 0.400. The Kier molecular flexibility index (Phi) is 8.89. The molecular formula is C25H29FN6O6S. The Morgan fingerprint density at radius 2 is 1.90 bits per heavy atom. The number of carbonyl (C=O) groups is 1. The summed E-state index contributed by atoms with van der Waals surface area (Å²) in [5, 5.41) is 27.4. The summed E-state index contributed by atoms with van der Waals surface area (Å²) in [5.74, 6) is 0.00989. The maximum Gasteiger partial charge on any atom is 0.332 e. The predicted molar refractivity (Wildman–Crippen MR) is 142 cm³/mol. The second kappa shape index (κ2) is 12.3. The Hall–Kier alpha value is -3.88. The van der Waals surface area contributed by atoms with Crippen molar-refractivity contribution in [3.8, 4) is 10.8 Å². The van der Waals surface area contributed by atoms with Gasteiger partial charge in [-0.25, -0.2) is 9.18 Å². The summed E-state index contributed by atoms with van der Waals surface area (Å²) in [6.07, 6.45) is 4.01. The number of aliphatic hydroxyl groups is 2. The second-order valence-electron chi connectivity index (χ2n) is 8.79. The SMILES string of the molecule is COc1ccc(F)cc1CCn1c(=O)n(C2CCC(=O)NC2)c(=O)c2c(C)c(-n3nccn3)sc21.OCCO. The number of halogens is 1. The van der Waals surface area contributed by atoms with Gasteiger partial charge in [-0.2, -0.15) is 10.2 Å². The van der Waals surface area contributed by atoms with Crippen molar-refractivity contribution in [1.29, 1.82) is 0 Å². The largest absolute Gasteiger partial charge is 0.496 e. The first-order valence-corrected chi connectivity index (χ1v) is 13.1. The van der Waals surface area contributed by atoms with Crippen molar-refractivity contribution >= 4 is 27.5 Å². The molecule has 3 aromatic heterocycles.